The van der Waals surface area contributed by atoms with Crippen LogP contribution in [0.5, 0.6) is 23.0 Å². The monoisotopic (exact) mass is 422 g/mol. The molecule has 3 rings (SSSR count). The first-order valence-corrected chi connectivity index (χ1v) is 9.30. The minimum atomic E-state index is -1.25. The lowest BCUT2D eigenvalue weighted by molar-refractivity contribution is -0.138. The molecule has 8 heteroatoms. The van der Waals surface area contributed by atoms with E-state index in [0.29, 0.717) is 22.7 Å². The van der Waals surface area contributed by atoms with Gasteiger partial charge in [0.25, 0.3) is 0 Å². The molecule has 0 fully saturated rings. The van der Waals surface area contributed by atoms with Crippen molar-refractivity contribution in [2.45, 2.75) is 6.04 Å². The van der Waals surface area contributed by atoms with Crippen molar-refractivity contribution in [2.75, 3.05) is 19.5 Å². The summed E-state index contributed by atoms with van der Waals surface area (Å²) in [7, 11) is 2.84. The molecule has 0 aliphatic rings. The lowest BCUT2D eigenvalue weighted by Crippen LogP contribution is -2.20. The largest absolute Gasteiger partial charge is 0.504 e. The fourth-order valence-corrected chi connectivity index (χ4v) is 3.02. The number of phenols is 2. The van der Waals surface area contributed by atoms with Crippen LogP contribution in [0.3, 0.4) is 0 Å². The Morgan fingerprint density at radius 2 is 1.58 bits per heavy atom. The standard InChI is InChI=1S/C23H22N2O6/c1-30-18-11-5-7-14(21(18)26)13-24-16-9-3-4-10-17(16)25-20(23(28)29)15-8-6-12-19(31-2)22(15)27/h3-13,20,25-27H,1-2H3,(H,28,29)/t20-/m0/s1. The molecule has 1 atom stereocenters. The number of nitrogens with one attached hydrogen (secondary N) is 1. The minimum absolute atomic E-state index is 0.0519. The second-order valence-electron chi connectivity index (χ2n) is 6.49. The van der Waals surface area contributed by atoms with Gasteiger partial charge in [0, 0.05) is 17.3 Å². The van der Waals surface area contributed by atoms with Gasteiger partial charge in [-0.2, -0.15) is 0 Å². The van der Waals surface area contributed by atoms with E-state index in [2.05, 4.69) is 10.3 Å². The third kappa shape index (κ3) is 4.69. The molecule has 4 N–H and O–H groups in total. The van der Waals surface area contributed by atoms with Crippen LogP contribution in [0.15, 0.2) is 65.7 Å². The molecule has 31 heavy (non-hydrogen) atoms. The molecule has 3 aromatic carbocycles. The molecule has 0 bridgehead atoms. The summed E-state index contributed by atoms with van der Waals surface area (Å²) in [6.45, 7) is 0. The Hall–Kier alpha value is -4.20. The molecular weight excluding hydrogens is 400 g/mol. The van der Waals surface area contributed by atoms with Crippen LogP contribution in [0.4, 0.5) is 11.4 Å². The molecule has 0 aliphatic carbocycles. The number of rotatable bonds is 8. The summed E-state index contributed by atoms with van der Waals surface area (Å²) in [6, 6.07) is 15.3. The molecule has 0 radical (unpaired) electrons. The van der Waals surface area contributed by atoms with E-state index in [1.165, 1.54) is 32.6 Å². The Labute approximate surface area is 179 Å². The predicted molar refractivity (Wildman–Crippen MR) is 117 cm³/mol. The maximum Gasteiger partial charge on any atom is 0.330 e. The summed E-state index contributed by atoms with van der Waals surface area (Å²) in [4.78, 5) is 16.4. The average Bonchev–Trinajstić information content (AvgIpc) is 2.77. The molecule has 3 aromatic rings. The summed E-state index contributed by atoms with van der Waals surface area (Å²) >= 11 is 0. The number of para-hydroxylation sites is 4. The fourth-order valence-electron chi connectivity index (χ4n) is 3.02. The Balaban J connectivity index is 1.95. The number of carboxylic acid groups (broad SMARTS) is 1. The first-order chi connectivity index (χ1) is 15.0. The lowest BCUT2D eigenvalue weighted by Gasteiger charge is -2.19. The number of hydrogen-bond donors (Lipinski definition) is 4. The quantitative estimate of drug-likeness (QED) is 0.403. The van der Waals surface area contributed by atoms with Crippen molar-refractivity contribution in [3.63, 3.8) is 0 Å². The molecule has 0 heterocycles. The molecule has 160 valence electrons. The Morgan fingerprint density at radius 3 is 2.26 bits per heavy atom. The van der Waals surface area contributed by atoms with Gasteiger partial charge in [-0.05, 0) is 30.3 Å². The topological polar surface area (TPSA) is 121 Å². The first kappa shape index (κ1) is 21.5. The Kier molecular flexibility index (Phi) is 6.61. The molecule has 0 aromatic heterocycles. The van der Waals surface area contributed by atoms with Crippen LogP contribution in [-0.2, 0) is 4.79 Å². The Morgan fingerprint density at radius 1 is 0.935 bits per heavy atom. The van der Waals surface area contributed by atoms with Gasteiger partial charge in [0.15, 0.2) is 29.0 Å². The highest BCUT2D eigenvalue weighted by molar-refractivity contribution is 5.89. The van der Waals surface area contributed by atoms with Crippen LogP contribution in [0, 0.1) is 0 Å². The number of carbonyl (C=O) groups is 1. The van der Waals surface area contributed by atoms with E-state index in [4.69, 9.17) is 9.47 Å². The predicted octanol–water partition coefficient (Wildman–Crippen LogP) is 4.10. The molecule has 0 saturated heterocycles. The summed E-state index contributed by atoms with van der Waals surface area (Å²) < 4.78 is 10.2. The van der Waals surface area contributed by atoms with Crippen molar-refractivity contribution in [1.82, 2.24) is 0 Å². The van der Waals surface area contributed by atoms with Gasteiger partial charge in [-0.15, -0.1) is 0 Å². The molecule has 0 spiro atoms. The van der Waals surface area contributed by atoms with Crippen LogP contribution >= 0.6 is 0 Å². The first-order valence-electron chi connectivity index (χ1n) is 9.30. The van der Waals surface area contributed by atoms with Gasteiger partial charge in [0.2, 0.25) is 0 Å². The summed E-state index contributed by atoms with van der Waals surface area (Å²) in [5.74, 6) is -1.01. The van der Waals surface area contributed by atoms with E-state index in [0.717, 1.165) is 0 Å². The highest BCUT2D eigenvalue weighted by Crippen LogP contribution is 2.37. The van der Waals surface area contributed by atoms with Crippen molar-refractivity contribution in [3.8, 4) is 23.0 Å². The zero-order chi connectivity index (χ0) is 22.4. The van der Waals surface area contributed by atoms with Gasteiger partial charge >= 0.3 is 5.97 Å². The molecule has 0 amide bonds. The summed E-state index contributed by atoms with van der Waals surface area (Å²) in [6.07, 6.45) is 1.46. The zero-order valence-corrected chi connectivity index (χ0v) is 16.9. The van der Waals surface area contributed by atoms with Crippen molar-refractivity contribution in [3.05, 3.63) is 71.8 Å². The number of hydrogen-bond acceptors (Lipinski definition) is 7. The number of carboxylic acids is 1. The van der Waals surface area contributed by atoms with Gasteiger partial charge in [0.05, 0.1) is 25.6 Å². The summed E-state index contributed by atoms with van der Waals surface area (Å²) in [5, 5.41) is 33.3. The molecular formula is C23H22N2O6. The van der Waals surface area contributed by atoms with E-state index >= 15 is 0 Å². The number of nitrogens with zero attached hydrogens (tertiary/aromatic N) is 1. The number of methoxy groups -OCH3 is 2. The third-order valence-corrected chi connectivity index (χ3v) is 4.60. The maximum atomic E-state index is 12.0. The number of aromatic hydroxyl groups is 2. The molecule has 0 aliphatic heterocycles. The van der Waals surface area contributed by atoms with Crippen molar-refractivity contribution in [2.24, 2.45) is 4.99 Å². The minimum Gasteiger partial charge on any atom is -0.504 e. The normalized spacial score (nSPS) is 11.8. The number of aliphatic imine (C=N–C) groups is 1. The van der Waals surface area contributed by atoms with Gasteiger partial charge in [-0.3, -0.25) is 4.99 Å². The maximum absolute atomic E-state index is 12.0. The van der Waals surface area contributed by atoms with Gasteiger partial charge < -0.3 is 30.1 Å². The van der Waals surface area contributed by atoms with Crippen molar-refractivity contribution >= 4 is 23.6 Å². The molecule has 0 unspecified atom stereocenters. The van der Waals surface area contributed by atoms with Crippen LogP contribution < -0.4 is 14.8 Å². The van der Waals surface area contributed by atoms with Gasteiger partial charge in [-0.1, -0.05) is 30.3 Å². The summed E-state index contributed by atoms with van der Waals surface area (Å²) in [5.41, 5.74) is 1.46. The number of aliphatic carboxylic acids is 1. The number of benzene rings is 3. The van der Waals surface area contributed by atoms with E-state index in [9.17, 15) is 20.1 Å². The average molecular weight is 422 g/mol. The molecule has 8 nitrogen and oxygen atoms in total. The molecule has 0 saturated carbocycles. The van der Waals surface area contributed by atoms with Gasteiger partial charge in [-0.25, -0.2) is 4.79 Å². The lowest BCUT2D eigenvalue weighted by atomic mass is 10.0. The SMILES string of the molecule is COc1cccc(C=Nc2ccccc2N[C@H](C(=O)O)c2cccc(OC)c2O)c1O. The van der Waals surface area contributed by atoms with Gasteiger partial charge in [0.1, 0.15) is 0 Å². The van der Waals surface area contributed by atoms with Crippen LogP contribution in [0.1, 0.15) is 17.2 Å². The van der Waals surface area contributed by atoms with Crippen LogP contribution in [-0.4, -0.2) is 41.7 Å². The number of phenolic OH excluding ortho intramolecular Hbond substituents is 2. The smallest absolute Gasteiger partial charge is 0.330 e. The fraction of sp³-hybridized carbons (Fsp3) is 0.130. The third-order valence-electron chi connectivity index (χ3n) is 4.60. The van der Waals surface area contributed by atoms with Crippen molar-refractivity contribution in [1.29, 1.82) is 0 Å². The van der Waals surface area contributed by atoms with E-state index < -0.39 is 12.0 Å². The highest BCUT2D eigenvalue weighted by Gasteiger charge is 2.25. The van der Waals surface area contributed by atoms with Crippen LogP contribution in [0.25, 0.3) is 0 Å². The van der Waals surface area contributed by atoms with Crippen molar-refractivity contribution < 1.29 is 29.6 Å². The number of ether oxygens (including phenoxy) is 2. The van der Waals surface area contributed by atoms with Crippen LogP contribution in [0.2, 0.25) is 0 Å². The zero-order valence-electron chi connectivity index (χ0n) is 16.9. The second kappa shape index (κ2) is 9.53. The highest BCUT2D eigenvalue weighted by atomic mass is 16.5. The second-order valence-corrected chi connectivity index (χ2v) is 6.49. The van der Waals surface area contributed by atoms with E-state index in [1.807, 2.05) is 0 Å². The van der Waals surface area contributed by atoms with E-state index in [1.54, 1.807) is 48.5 Å². The Bertz CT molecular complexity index is 1110. The van der Waals surface area contributed by atoms with E-state index in [-0.39, 0.29) is 22.8 Å². The number of anilines is 1.